The minimum absolute atomic E-state index is 0.169. The van der Waals surface area contributed by atoms with E-state index in [-0.39, 0.29) is 12.3 Å². The molecule has 5 aliphatic heterocycles. The molecule has 20 N–H and O–H groups in total. The Bertz CT molecular complexity index is 2650. The quantitative estimate of drug-likeness (QED) is 0.0306. The highest BCUT2D eigenvalue weighted by Crippen LogP contribution is 2.40. The fourth-order valence-electron chi connectivity index (χ4n) is 15.7. The van der Waals surface area contributed by atoms with Crippen LogP contribution in [0.1, 0.15) is 265 Å². The second kappa shape index (κ2) is 56.3. The summed E-state index contributed by atoms with van der Waals surface area (Å²) >= 11 is 0. The third-order valence-corrected chi connectivity index (χ3v) is 22.6. The predicted molar refractivity (Wildman–Crippen MR) is 415 cm³/mol. The third-order valence-electron chi connectivity index (χ3n) is 22.6. The maximum Gasteiger partial charge on any atom is 0.364 e. The van der Waals surface area contributed by atoms with Crippen LogP contribution < -0.4 is 16.0 Å². The zero-order valence-electron chi connectivity index (χ0n) is 68.5. The lowest BCUT2D eigenvalue weighted by Gasteiger charge is -2.51. The molecule has 0 spiro atoms. The lowest BCUT2D eigenvalue weighted by molar-refractivity contribution is -0.389. The van der Waals surface area contributed by atoms with Crippen LogP contribution in [0.5, 0.6) is 0 Å². The number of carbonyl (C=O) groups is 4. The van der Waals surface area contributed by atoms with Crippen molar-refractivity contribution in [3.63, 3.8) is 0 Å². The van der Waals surface area contributed by atoms with Crippen LogP contribution in [-0.4, -0.2) is 321 Å². The number of hydrogen-bond acceptors (Lipinski definition) is 30. The molecule has 10 unspecified atom stereocenters. The Kier molecular flexibility index (Phi) is 50.0. The molecule has 34 nitrogen and oxygen atoms in total. The van der Waals surface area contributed by atoms with Gasteiger partial charge in [0.1, 0.15) is 116 Å². The fraction of sp³-hybridized carbons (Fsp3) is 0.926. The summed E-state index contributed by atoms with van der Waals surface area (Å²) in [5.74, 6) is -7.39. The highest BCUT2D eigenvalue weighted by atomic mass is 16.8. The average Bonchev–Trinajstić information content (AvgIpc) is 0.756. The van der Waals surface area contributed by atoms with Crippen molar-refractivity contribution >= 4 is 23.7 Å². The van der Waals surface area contributed by atoms with Gasteiger partial charge in [-0.1, -0.05) is 231 Å². The molecule has 0 saturated carbocycles. The molecule has 0 aromatic heterocycles. The van der Waals surface area contributed by atoms with Crippen LogP contribution in [0.2, 0.25) is 0 Å². The van der Waals surface area contributed by atoms with E-state index >= 15 is 0 Å². The monoisotopic (exact) mass is 1660 g/mol. The average molecular weight is 1660 g/mol. The molecule has 5 aliphatic rings. The molecule has 0 bridgehead atoms. The maximum absolute atomic E-state index is 13.6. The van der Waals surface area contributed by atoms with Gasteiger partial charge in [-0.25, -0.2) is 4.79 Å². The summed E-state index contributed by atoms with van der Waals surface area (Å²) < 4.78 is 59.1. The summed E-state index contributed by atoms with van der Waals surface area (Å²) in [5.41, 5.74) is 0. The number of carbonyl (C=O) groups excluding carboxylic acids is 3. The topological polar surface area (TPSA) is 541 Å². The van der Waals surface area contributed by atoms with Gasteiger partial charge in [0.05, 0.1) is 63.9 Å². The van der Waals surface area contributed by atoms with E-state index in [2.05, 4.69) is 29.8 Å². The summed E-state index contributed by atoms with van der Waals surface area (Å²) in [5, 5.41) is 197. The van der Waals surface area contributed by atoms with Crippen molar-refractivity contribution in [2.75, 3.05) is 39.6 Å². The number of hydrogen-bond donors (Lipinski definition) is 20. The normalized spacial score (nSPS) is 33.0. The number of aliphatic carboxylic acids is 1. The molecule has 34 heteroatoms. The largest absolute Gasteiger partial charge is 0.477 e. The van der Waals surface area contributed by atoms with Gasteiger partial charge in [-0.3, -0.25) is 14.4 Å². The molecule has 28 atom stereocenters. The van der Waals surface area contributed by atoms with E-state index in [4.69, 9.17) is 47.4 Å². The highest BCUT2D eigenvalue weighted by Gasteiger charge is 2.61. The standard InChI is InChI=1S/C81H147N3O31/c1-5-7-9-11-13-15-17-19-20-21-22-23-24-25-26-27-28-30-32-34-36-38-40-42-60(95)84-52(53(92)41-39-37-35-33-31-29-18-16-14-12-10-8-6-2)49-106-77-68(101)67(100)71(59(48-89)110-77)111-78-69(102)74(65(98)57(46-87)108-78)113-76-62(83-51(4)91)72(64(97)56(45-86)107-76)112-79-70(103)75(66(99)58(47-88)109-79)115-81(80(104)105)43-54(93)61(82-50(3)90)73(114-81)63(96)55(94)44-85/h39,41,52-59,61-79,85-89,92-94,96-103H,5-38,40,42-49H2,1-4H3,(H,82,90)(H,83,91)(H,84,95)(H,104,105)/b41-39+/t52-,53+,54?,55+,56?,57?,58?,59?,61+,62?,63+,64+,65-,66-,67+,68?,69?,70?,71+,72+,73?,74-,75-,76-,77+,78-,79-,81-/m0/s1. The number of carboxylic acid groups (broad SMARTS) is 1. The molecule has 5 heterocycles. The molecule has 5 fully saturated rings. The lowest BCUT2D eigenvalue weighted by atomic mass is 9.88. The number of carboxylic acids is 1. The van der Waals surface area contributed by atoms with Gasteiger partial charge in [-0.15, -0.1) is 0 Å². The van der Waals surface area contributed by atoms with Gasteiger partial charge in [0.15, 0.2) is 25.2 Å². The first-order valence-electron chi connectivity index (χ1n) is 43.1. The van der Waals surface area contributed by atoms with Crippen LogP contribution >= 0.6 is 0 Å². The van der Waals surface area contributed by atoms with Gasteiger partial charge >= 0.3 is 5.97 Å². The Labute approximate surface area is 678 Å². The SMILES string of the molecule is CCCCCCCCCCCCC/C=C/[C@@H](O)[C@H](CO[C@@H]1OC(CO)[C@@H](O[C@@H]2OC(CO)[C@H](O)[C@H](O[C@@H]3OC(CO)[C@@H](O)[C@H](O[C@@H]4OC(CO)[C@H](O)[C@H](O[C@]5(C(=O)O)CC(O)[C@@H](NC(C)=O)C([C@H](O)[C@H](O)CO)O5)C4O)C3NC(C)=O)C2O)[C@H](O)C1O)NC(=O)CCCCCCCCCCCCCCCCCCCCCCCCC. The van der Waals surface area contributed by atoms with E-state index in [0.29, 0.717) is 12.8 Å². The minimum Gasteiger partial charge on any atom is -0.477 e. The van der Waals surface area contributed by atoms with E-state index in [1.54, 1.807) is 6.08 Å². The van der Waals surface area contributed by atoms with E-state index in [1.807, 2.05) is 6.08 Å². The molecule has 3 amide bonds. The zero-order chi connectivity index (χ0) is 84.4. The first-order valence-corrected chi connectivity index (χ1v) is 43.1. The van der Waals surface area contributed by atoms with Crippen molar-refractivity contribution in [1.82, 2.24) is 16.0 Å². The molecular weight excluding hydrogens is 1510 g/mol. The van der Waals surface area contributed by atoms with Crippen molar-refractivity contribution in [1.29, 1.82) is 0 Å². The van der Waals surface area contributed by atoms with Gasteiger partial charge in [0, 0.05) is 26.7 Å². The summed E-state index contributed by atoms with van der Waals surface area (Å²) in [6.45, 7) is 0.631. The summed E-state index contributed by atoms with van der Waals surface area (Å²) in [6, 6.07) is -4.66. The van der Waals surface area contributed by atoms with Gasteiger partial charge in [0.2, 0.25) is 17.7 Å². The number of aliphatic hydroxyl groups is 16. The molecule has 672 valence electrons. The van der Waals surface area contributed by atoms with Crippen LogP contribution in [0.3, 0.4) is 0 Å². The Morgan fingerprint density at radius 2 is 0.843 bits per heavy atom. The predicted octanol–water partition coefficient (Wildman–Crippen LogP) is 2.08. The van der Waals surface area contributed by atoms with E-state index in [9.17, 15) is 106 Å². The minimum atomic E-state index is -3.22. The third kappa shape index (κ3) is 33.7. The second-order valence-electron chi connectivity index (χ2n) is 32.1. The van der Waals surface area contributed by atoms with Crippen LogP contribution in [0, 0.1) is 0 Å². The second-order valence-corrected chi connectivity index (χ2v) is 32.1. The Hall–Kier alpha value is -3.42. The van der Waals surface area contributed by atoms with Gasteiger partial charge < -0.3 is 150 Å². The molecule has 0 aliphatic carbocycles. The van der Waals surface area contributed by atoms with Crippen molar-refractivity contribution in [2.45, 2.75) is 436 Å². The highest BCUT2D eigenvalue weighted by molar-refractivity contribution is 5.77. The number of rotatable bonds is 60. The molecule has 115 heavy (non-hydrogen) atoms. The number of unbranched alkanes of at least 4 members (excludes halogenated alkanes) is 33. The van der Waals surface area contributed by atoms with Crippen molar-refractivity contribution in [3.05, 3.63) is 12.2 Å². The summed E-state index contributed by atoms with van der Waals surface area (Å²) in [4.78, 5) is 52.1. The zero-order valence-corrected chi connectivity index (χ0v) is 68.5. The van der Waals surface area contributed by atoms with E-state index in [0.717, 1.165) is 65.2 Å². The Balaban J connectivity index is 1.22. The smallest absolute Gasteiger partial charge is 0.364 e. The van der Waals surface area contributed by atoms with E-state index < -0.39 is 235 Å². The van der Waals surface area contributed by atoms with Crippen LogP contribution in [0.25, 0.3) is 0 Å². The summed E-state index contributed by atoms with van der Waals surface area (Å²) in [6.07, 6.45) is -3.95. The molecular formula is C81H147N3O31. The van der Waals surface area contributed by atoms with Gasteiger partial charge in [0.25, 0.3) is 5.79 Å². The van der Waals surface area contributed by atoms with Crippen LogP contribution in [0.4, 0.5) is 0 Å². The number of nitrogens with one attached hydrogen (secondary N) is 3. The summed E-state index contributed by atoms with van der Waals surface area (Å²) in [7, 11) is 0. The van der Waals surface area contributed by atoms with E-state index in [1.165, 1.54) is 161 Å². The first-order chi connectivity index (χ1) is 55.3. The molecule has 0 aromatic rings. The molecule has 5 rings (SSSR count). The van der Waals surface area contributed by atoms with Crippen molar-refractivity contribution in [2.24, 2.45) is 0 Å². The maximum atomic E-state index is 13.6. The van der Waals surface area contributed by atoms with Crippen molar-refractivity contribution < 1.29 is 153 Å². The Morgan fingerprint density at radius 3 is 1.29 bits per heavy atom. The van der Waals surface area contributed by atoms with Gasteiger partial charge in [-0.2, -0.15) is 0 Å². The van der Waals surface area contributed by atoms with Crippen LogP contribution in [-0.2, 0) is 66.5 Å². The molecule has 0 radical (unpaired) electrons. The molecule has 5 saturated heterocycles. The molecule has 0 aromatic carbocycles. The number of amides is 3. The lowest BCUT2D eigenvalue weighted by Crippen LogP contribution is -2.71. The van der Waals surface area contributed by atoms with Crippen molar-refractivity contribution in [3.8, 4) is 0 Å². The number of aliphatic hydroxyl groups excluding tert-OH is 16. The van der Waals surface area contributed by atoms with Gasteiger partial charge in [-0.05, 0) is 19.3 Å². The number of allylic oxidation sites excluding steroid dienone is 1. The first kappa shape index (κ1) is 102. The Morgan fingerprint density at radius 1 is 0.452 bits per heavy atom. The van der Waals surface area contributed by atoms with Crippen LogP contribution in [0.15, 0.2) is 12.2 Å². The number of ether oxygens (including phenoxy) is 10. The fourth-order valence-corrected chi connectivity index (χ4v) is 15.7.